The van der Waals surface area contributed by atoms with Crippen molar-refractivity contribution in [3.05, 3.63) is 84.2 Å². The zero-order valence-electron chi connectivity index (χ0n) is 28.6. The molecule has 0 bridgehead atoms. The van der Waals surface area contributed by atoms with E-state index < -0.39 is 0 Å². The van der Waals surface area contributed by atoms with Gasteiger partial charge in [0.15, 0.2) is 0 Å². The van der Waals surface area contributed by atoms with E-state index in [1.807, 2.05) is 0 Å². The van der Waals surface area contributed by atoms with Gasteiger partial charge in [-0.1, -0.05) is 56.4 Å². The third kappa shape index (κ3) is 9.76. The number of hydrogen-bond donors (Lipinski definition) is 0. The molecular weight excluding hydrogens is 498 g/mol. The fourth-order valence-electron chi connectivity index (χ4n) is 5.60. The van der Waals surface area contributed by atoms with Crippen molar-refractivity contribution < 1.29 is 0 Å². The second kappa shape index (κ2) is 16.8. The molecule has 0 N–H and O–H groups in total. The molecule has 232 valence electrons. The molecule has 0 amide bonds. The Balaban J connectivity index is 0. The topological polar surface area (TPSA) is 38.7 Å². The number of rotatable bonds is 3. The lowest BCUT2D eigenvalue weighted by molar-refractivity contribution is 0.796. The molecule has 0 spiro atoms. The largest absolute Gasteiger partial charge is 0.258 e. The molecule has 0 aromatic carbocycles. The van der Waals surface area contributed by atoms with Crippen LogP contribution in [0.2, 0.25) is 0 Å². The van der Waals surface area contributed by atoms with Crippen LogP contribution in [0.5, 0.6) is 0 Å². The Labute approximate surface area is 256 Å². The van der Waals surface area contributed by atoms with E-state index in [1.54, 1.807) is 0 Å². The average Bonchev–Trinajstić information content (AvgIpc) is 2.82. The monoisotopic (exact) mass is 564 g/mol. The first kappa shape index (κ1) is 40.6. The first-order valence-corrected chi connectivity index (χ1v) is 14.7. The molecule has 0 radical (unpaired) electrons. The van der Waals surface area contributed by atoms with Gasteiger partial charge < -0.3 is 0 Å². The van der Waals surface area contributed by atoms with Crippen LogP contribution in [0.3, 0.4) is 0 Å². The van der Waals surface area contributed by atoms with Gasteiger partial charge in [0, 0.05) is 34.2 Å². The van der Waals surface area contributed by atoms with E-state index in [2.05, 4.69) is 140 Å². The van der Waals surface area contributed by atoms with Crippen molar-refractivity contribution >= 4 is 0 Å². The smallest absolute Gasteiger partial charge is 0.0464 e. The molecule has 0 fully saturated rings. The minimum absolute atomic E-state index is 0. The molecule has 3 aromatic heterocycles. The lowest BCUT2D eigenvalue weighted by atomic mass is 9.92. The van der Waals surface area contributed by atoms with Crippen LogP contribution in [-0.4, -0.2) is 15.0 Å². The van der Waals surface area contributed by atoms with Gasteiger partial charge in [-0.15, -0.1) is 0 Å². The lowest BCUT2D eigenvalue weighted by Crippen LogP contribution is -2.03. The summed E-state index contributed by atoms with van der Waals surface area (Å²) in [6, 6.07) is 0. The average molecular weight is 564 g/mol. The molecule has 0 aliphatic rings. The Kier molecular flexibility index (Phi) is 16.6. The fraction of sp³-hybridized carbons (Fsp3) is 0.605. The minimum atomic E-state index is 0. The van der Waals surface area contributed by atoms with E-state index in [0.29, 0.717) is 17.8 Å². The zero-order valence-corrected chi connectivity index (χ0v) is 28.6. The molecule has 0 aliphatic carbocycles. The molecule has 0 aliphatic heterocycles. The third-order valence-electron chi connectivity index (χ3n) is 8.50. The zero-order chi connectivity index (χ0) is 30.5. The highest BCUT2D eigenvalue weighted by molar-refractivity contribution is 5.41. The van der Waals surface area contributed by atoms with Crippen molar-refractivity contribution in [1.82, 2.24) is 15.0 Å². The van der Waals surface area contributed by atoms with Gasteiger partial charge in [0.2, 0.25) is 0 Å². The maximum atomic E-state index is 4.63. The molecule has 41 heavy (non-hydrogen) atoms. The number of pyridine rings is 3. The van der Waals surface area contributed by atoms with Gasteiger partial charge in [-0.2, -0.15) is 0 Å². The summed E-state index contributed by atoms with van der Waals surface area (Å²) in [5.74, 6) is 1.70. The van der Waals surface area contributed by atoms with Crippen LogP contribution in [0, 0.1) is 83.1 Å². The summed E-state index contributed by atoms with van der Waals surface area (Å²) in [4.78, 5) is 13.7. The predicted molar refractivity (Wildman–Crippen MR) is 185 cm³/mol. The summed E-state index contributed by atoms with van der Waals surface area (Å²) in [6.07, 6.45) is 0. The van der Waals surface area contributed by atoms with E-state index in [1.165, 1.54) is 84.2 Å². The van der Waals surface area contributed by atoms with E-state index in [-0.39, 0.29) is 14.9 Å². The molecule has 3 nitrogen and oxygen atoms in total. The summed E-state index contributed by atoms with van der Waals surface area (Å²) in [5.41, 5.74) is 19.6. The Morgan fingerprint density at radius 2 is 0.659 bits per heavy atom. The number of aromatic nitrogens is 3. The molecular formula is C38H65N3. The number of aryl methyl sites for hydroxylation is 5. The van der Waals surface area contributed by atoms with Crippen LogP contribution in [0.25, 0.3) is 0 Å². The fourth-order valence-corrected chi connectivity index (χ4v) is 5.60. The minimum Gasteiger partial charge on any atom is -0.258 e. The van der Waals surface area contributed by atoms with Crippen LogP contribution in [0.4, 0.5) is 0 Å². The van der Waals surface area contributed by atoms with Gasteiger partial charge in [0.05, 0.1) is 0 Å². The Hall–Kier alpha value is -2.55. The van der Waals surface area contributed by atoms with Gasteiger partial charge in [-0.25, -0.2) is 0 Å². The molecule has 3 rings (SSSR count). The standard InChI is InChI=1S/3C12H19N.2CH4/c1-7(2)12-8(3)10(5)13-11(6)9(12)4;1-7(2)12-9(4)8(3)10(5)13-11(12)6;1-7(2)12-10(5)8(3)9(4)11(6)13-12;;/h3*7H,1-6H3;2*1H4. The van der Waals surface area contributed by atoms with Crippen LogP contribution >= 0.6 is 0 Å². The first-order valence-electron chi connectivity index (χ1n) is 14.7. The van der Waals surface area contributed by atoms with Crippen molar-refractivity contribution in [1.29, 1.82) is 0 Å². The van der Waals surface area contributed by atoms with E-state index in [9.17, 15) is 0 Å². The molecule has 3 heterocycles. The number of hydrogen-bond acceptors (Lipinski definition) is 3. The second-order valence-electron chi connectivity index (χ2n) is 12.3. The summed E-state index contributed by atoms with van der Waals surface area (Å²) in [6.45, 7) is 39.0. The Morgan fingerprint density at radius 1 is 0.317 bits per heavy atom. The summed E-state index contributed by atoms with van der Waals surface area (Å²) in [7, 11) is 0. The Bertz CT molecular complexity index is 1270. The van der Waals surface area contributed by atoms with Crippen molar-refractivity contribution in [3.63, 3.8) is 0 Å². The molecule has 0 saturated heterocycles. The first-order chi connectivity index (χ1) is 17.8. The SMILES string of the molecule is C.C.Cc1nc(C(C)C)c(C)c(C)c1C.Cc1nc(C)c(C(C)C)c(C)c1C.Cc1nc(C)c(C)c(C(C)C)c1C. The highest BCUT2D eigenvalue weighted by atomic mass is 14.7. The molecule has 3 heteroatoms. The second-order valence-corrected chi connectivity index (χ2v) is 12.3. The summed E-state index contributed by atoms with van der Waals surface area (Å²) >= 11 is 0. The highest BCUT2D eigenvalue weighted by Crippen LogP contribution is 2.27. The normalized spacial score (nSPS) is 10.5. The maximum Gasteiger partial charge on any atom is 0.0464 e. The van der Waals surface area contributed by atoms with Crippen LogP contribution < -0.4 is 0 Å². The third-order valence-corrected chi connectivity index (χ3v) is 8.50. The lowest BCUT2D eigenvalue weighted by Gasteiger charge is -2.16. The highest BCUT2D eigenvalue weighted by Gasteiger charge is 2.13. The van der Waals surface area contributed by atoms with Gasteiger partial charge in [-0.3, -0.25) is 15.0 Å². The van der Waals surface area contributed by atoms with Crippen molar-refractivity contribution in [3.8, 4) is 0 Å². The van der Waals surface area contributed by atoms with Crippen molar-refractivity contribution in [2.24, 2.45) is 0 Å². The number of nitrogens with zero attached hydrogens (tertiary/aromatic N) is 3. The van der Waals surface area contributed by atoms with Crippen LogP contribution in [0.1, 0.15) is 158 Å². The summed E-state index contributed by atoms with van der Waals surface area (Å²) < 4.78 is 0. The van der Waals surface area contributed by atoms with Crippen LogP contribution in [-0.2, 0) is 0 Å². The van der Waals surface area contributed by atoms with Gasteiger partial charge in [0.25, 0.3) is 0 Å². The maximum absolute atomic E-state index is 4.63. The molecule has 3 aromatic rings. The molecule has 0 saturated carbocycles. The molecule has 0 unspecified atom stereocenters. The van der Waals surface area contributed by atoms with Crippen molar-refractivity contribution in [2.75, 3.05) is 0 Å². The van der Waals surface area contributed by atoms with Crippen molar-refractivity contribution in [2.45, 2.75) is 157 Å². The summed E-state index contributed by atoms with van der Waals surface area (Å²) in [5, 5.41) is 0. The Morgan fingerprint density at radius 3 is 1.05 bits per heavy atom. The quantitative estimate of drug-likeness (QED) is 0.318. The van der Waals surface area contributed by atoms with Gasteiger partial charge in [-0.05, 0) is 151 Å². The van der Waals surface area contributed by atoms with Gasteiger partial charge >= 0.3 is 0 Å². The van der Waals surface area contributed by atoms with Crippen LogP contribution in [0.15, 0.2) is 0 Å². The van der Waals surface area contributed by atoms with E-state index >= 15 is 0 Å². The predicted octanol–water partition coefficient (Wildman–Crippen LogP) is 11.6. The van der Waals surface area contributed by atoms with Gasteiger partial charge in [0.1, 0.15) is 0 Å². The molecule has 0 atom stereocenters. The van der Waals surface area contributed by atoms with E-state index in [0.717, 1.165) is 0 Å². The van der Waals surface area contributed by atoms with E-state index in [4.69, 9.17) is 0 Å².